The molecule has 0 saturated heterocycles. The van der Waals surface area contributed by atoms with Crippen LogP contribution >= 0.6 is 0 Å². The van der Waals surface area contributed by atoms with Crippen molar-refractivity contribution in [3.05, 3.63) is 65.7 Å². The summed E-state index contributed by atoms with van der Waals surface area (Å²) in [6.45, 7) is 0. The summed E-state index contributed by atoms with van der Waals surface area (Å²) < 4.78 is 0. The van der Waals surface area contributed by atoms with Crippen molar-refractivity contribution in [3.8, 4) is 0 Å². The van der Waals surface area contributed by atoms with Crippen LogP contribution < -0.4 is 18.9 Å². The smallest absolute Gasteiger partial charge is 0.780 e. The third-order valence-electron chi connectivity index (χ3n) is 2.15. The van der Waals surface area contributed by atoms with Crippen molar-refractivity contribution in [2.45, 2.75) is 4.90 Å². The maximum atomic E-state index is 11.9. The normalized spacial score (nSPS) is 9.25. The van der Waals surface area contributed by atoms with E-state index in [4.69, 9.17) is 12.6 Å². The Morgan fingerprint density at radius 2 is 1.31 bits per heavy atom. The van der Waals surface area contributed by atoms with Crippen molar-refractivity contribution in [1.82, 2.24) is 0 Å². The van der Waals surface area contributed by atoms with Gasteiger partial charge in [0.1, 0.15) is 0 Å². The number of hydrogen-bond donors (Lipinski definition) is 0. The predicted molar refractivity (Wildman–Crippen MR) is 61.9 cm³/mol. The van der Waals surface area contributed by atoms with Crippen molar-refractivity contribution >= 4 is 18.4 Å². The van der Waals surface area contributed by atoms with Crippen LogP contribution in [0.1, 0.15) is 15.9 Å². The molecule has 0 saturated carbocycles. The molecule has 0 N–H and O–H groups in total. The van der Waals surface area contributed by atoms with Crippen LogP contribution in [0.2, 0.25) is 0 Å². The Kier molecular flexibility index (Phi) is 4.76. The first-order chi connectivity index (χ1) is 7.27. The molecule has 16 heavy (non-hydrogen) atoms. The van der Waals surface area contributed by atoms with Gasteiger partial charge in [0.25, 0.3) is 0 Å². The van der Waals surface area contributed by atoms with Gasteiger partial charge < -0.3 is 12.6 Å². The van der Waals surface area contributed by atoms with Crippen LogP contribution in [0.25, 0.3) is 0 Å². The Balaban J connectivity index is 0.00000128. The van der Waals surface area contributed by atoms with Crippen molar-refractivity contribution in [2.75, 3.05) is 0 Å². The summed E-state index contributed by atoms with van der Waals surface area (Å²) in [4.78, 5) is 12.7. The zero-order valence-electron chi connectivity index (χ0n) is 9.01. The van der Waals surface area contributed by atoms with E-state index in [1.54, 1.807) is 24.3 Å². The van der Waals surface area contributed by atoms with E-state index >= 15 is 0 Å². The Morgan fingerprint density at radius 3 is 1.88 bits per heavy atom. The molecule has 2 aromatic rings. The molecule has 0 bridgehead atoms. The fraction of sp³-hybridized carbons (Fsp3) is 0. The number of carbonyl (C=O) groups is 1. The molecule has 0 aliphatic rings. The van der Waals surface area contributed by atoms with Gasteiger partial charge in [-0.25, -0.2) is 0 Å². The zero-order valence-corrected chi connectivity index (χ0v) is 9.83. The molecular weight excluding hydrogens is 211 g/mol. The molecule has 2 aromatic carbocycles. The minimum Gasteiger partial charge on any atom is -0.780 e. The van der Waals surface area contributed by atoms with E-state index in [9.17, 15) is 4.79 Å². The Bertz CT molecular complexity index is 465. The van der Waals surface area contributed by atoms with Crippen LogP contribution in [-0.2, 0) is 12.6 Å². The van der Waals surface area contributed by atoms with E-state index in [0.29, 0.717) is 11.1 Å². The molecule has 0 unspecified atom stereocenters. The van der Waals surface area contributed by atoms with E-state index in [-0.39, 0.29) is 24.6 Å². The summed E-state index contributed by atoms with van der Waals surface area (Å²) in [5.41, 5.74) is 1.38. The van der Waals surface area contributed by atoms with Crippen molar-refractivity contribution < 1.29 is 23.7 Å². The van der Waals surface area contributed by atoms with Gasteiger partial charge in [0.2, 0.25) is 0 Å². The monoisotopic (exact) mass is 220 g/mol. The maximum absolute atomic E-state index is 11.9. The molecule has 0 fully saturated rings. The first kappa shape index (κ1) is 13.0. The van der Waals surface area contributed by atoms with Gasteiger partial charge >= 0.3 is 18.9 Å². The second-order valence-corrected chi connectivity index (χ2v) is 3.69. The molecule has 1 nitrogen and oxygen atoms in total. The Morgan fingerprint density at radius 1 is 0.812 bits per heavy atom. The Labute approximate surface area is 112 Å². The second kappa shape index (κ2) is 5.86. The van der Waals surface area contributed by atoms with Crippen LogP contribution in [0.4, 0.5) is 0 Å². The SMILES string of the molecule is O=C(c1ccccc1)c1ccc([S-])cc1.[Li+]. The molecule has 0 aliphatic carbocycles. The van der Waals surface area contributed by atoms with E-state index in [0.717, 1.165) is 4.90 Å². The van der Waals surface area contributed by atoms with Crippen molar-refractivity contribution in [3.63, 3.8) is 0 Å². The molecule has 0 amide bonds. The van der Waals surface area contributed by atoms with Crippen LogP contribution in [-0.4, -0.2) is 5.78 Å². The van der Waals surface area contributed by atoms with Gasteiger partial charge in [-0.05, 0) is 0 Å². The van der Waals surface area contributed by atoms with E-state index in [1.807, 2.05) is 30.3 Å². The molecular formula is C13H9LiOS. The van der Waals surface area contributed by atoms with Crippen LogP contribution in [0.15, 0.2) is 59.5 Å². The molecule has 3 heteroatoms. The van der Waals surface area contributed by atoms with Crippen LogP contribution in [0, 0.1) is 0 Å². The zero-order chi connectivity index (χ0) is 10.7. The fourth-order valence-electron chi connectivity index (χ4n) is 1.36. The van der Waals surface area contributed by atoms with Gasteiger partial charge in [-0.1, -0.05) is 54.6 Å². The minimum absolute atomic E-state index is 0. The first-order valence-electron chi connectivity index (χ1n) is 4.64. The van der Waals surface area contributed by atoms with Gasteiger partial charge in [0.15, 0.2) is 5.78 Å². The number of benzene rings is 2. The molecule has 0 heterocycles. The van der Waals surface area contributed by atoms with Gasteiger partial charge in [0, 0.05) is 11.1 Å². The van der Waals surface area contributed by atoms with Crippen LogP contribution in [0.5, 0.6) is 0 Å². The van der Waals surface area contributed by atoms with E-state index in [2.05, 4.69) is 0 Å². The third-order valence-corrected chi connectivity index (χ3v) is 2.42. The summed E-state index contributed by atoms with van der Waals surface area (Å²) in [6.07, 6.45) is 0. The summed E-state index contributed by atoms with van der Waals surface area (Å²) in [6, 6.07) is 16.3. The molecule has 74 valence electrons. The van der Waals surface area contributed by atoms with Crippen molar-refractivity contribution in [1.29, 1.82) is 0 Å². The molecule has 0 radical (unpaired) electrons. The van der Waals surface area contributed by atoms with Gasteiger partial charge in [-0.15, -0.1) is 0 Å². The molecule has 2 rings (SSSR count). The number of rotatable bonds is 2. The van der Waals surface area contributed by atoms with E-state index in [1.165, 1.54) is 0 Å². The number of ketones is 1. The average molecular weight is 220 g/mol. The molecule has 0 spiro atoms. The fourth-order valence-corrected chi connectivity index (χ4v) is 1.50. The standard InChI is InChI=1S/C13H10OS.Li/c14-13(10-4-2-1-3-5-10)11-6-8-12(15)9-7-11;/h1-9,15H;/q;+1/p-1. The maximum Gasteiger partial charge on any atom is 1.00 e. The Hall–Kier alpha value is -1.07. The summed E-state index contributed by atoms with van der Waals surface area (Å²) in [5, 5.41) is 0. The molecule has 0 aromatic heterocycles. The summed E-state index contributed by atoms with van der Waals surface area (Å²) in [7, 11) is 0. The quantitative estimate of drug-likeness (QED) is 0.397. The molecule has 0 atom stereocenters. The average Bonchev–Trinajstić information content (AvgIpc) is 2.30. The van der Waals surface area contributed by atoms with Gasteiger partial charge in [-0.3, -0.25) is 4.79 Å². The van der Waals surface area contributed by atoms with E-state index < -0.39 is 0 Å². The van der Waals surface area contributed by atoms with Crippen LogP contribution in [0.3, 0.4) is 0 Å². The number of hydrogen-bond acceptors (Lipinski definition) is 2. The third kappa shape index (κ3) is 2.96. The predicted octanol–water partition coefficient (Wildman–Crippen LogP) is -0.173. The minimum atomic E-state index is 0. The summed E-state index contributed by atoms with van der Waals surface area (Å²) in [5.74, 6) is 0.0330. The summed E-state index contributed by atoms with van der Waals surface area (Å²) >= 11 is 4.96. The van der Waals surface area contributed by atoms with Crippen molar-refractivity contribution in [2.24, 2.45) is 0 Å². The van der Waals surface area contributed by atoms with Gasteiger partial charge in [-0.2, -0.15) is 4.90 Å². The topological polar surface area (TPSA) is 17.1 Å². The largest absolute Gasteiger partial charge is 1.00 e. The van der Waals surface area contributed by atoms with Gasteiger partial charge in [0.05, 0.1) is 0 Å². The first-order valence-corrected chi connectivity index (χ1v) is 5.05. The molecule has 0 aliphatic heterocycles. The second-order valence-electron chi connectivity index (χ2n) is 3.22. The number of carbonyl (C=O) groups excluding carboxylic acids is 1.